The quantitative estimate of drug-likeness (QED) is 0.356. The van der Waals surface area contributed by atoms with Gasteiger partial charge in [0.05, 0.1) is 15.8 Å². The van der Waals surface area contributed by atoms with Gasteiger partial charge in [-0.05, 0) is 78.8 Å². The van der Waals surface area contributed by atoms with E-state index in [1.54, 1.807) is 47.4 Å². The molecule has 3 aliphatic rings. The van der Waals surface area contributed by atoms with E-state index in [0.29, 0.717) is 41.8 Å². The van der Waals surface area contributed by atoms with E-state index in [1.807, 2.05) is 4.90 Å². The molecule has 2 aliphatic heterocycles. The number of nitrogens with zero attached hydrogens (tertiary/aromatic N) is 2. The summed E-state index contributed by atoms with van der Waals surface area (Å²) in [6, 6.07) is 16.8. The van der Waals surface area contributed by atoms with Crippen LogP contribution in [0.4, 0.5) is 15.8 Å². The number of rotatable bonds is 7. The Balaban J connectivity index is 1.47. The molecular weight excluding hydrogens is 626 g/mol. The Morgan fingerprint density at radius 3 is 2.43 bits per heavy atom. The number of carbonyl (C=O) groups is 2. The molecule has 1 aliphatic carbocycles. The van der Waals surface area contributed by atoms with Crippen molar-refractivity contribution < 1.29 is 22.4 Å². The lowest BCUT2D eigenvalue weighted by Gasteiger charge is -2.40. The Hall–Kier alpha value is -3.02. The van der Waals surface area contributed by atoms with Gasteiger partial charge in [0, 0.05) is 47.7 Å². The van der Waals surface area contributed by atoms with Crippen LogP contribution >= 0.6 is 23.2 Å². The van der Waals surface area contributed by atoms with Crippen LogP contribution in [-0.4, -0.2) is 56.2 Å². The molecule has 3 aromatic carbocycles. The molecule has 0 bridgehead atoms. The van der Waals surface area contributed by atoms with Crippen LogP contribution in [0.3, 0.4) is 0 Å². The molecule has 6 rings (SSSR count). The van der Waals surface area contributed by atoms with E-state index in [1.165, 1.54) is 24.3 Å². The van der Waals surface area contributed by atoms with E-state index >= 15 is 4.39 Å². The number of carbonyl (C=O) groups excluding carboxylic acids is 2. The van der Waals surface area contributed by atoms with Crippen molar-refractivity contribution in [1.82, 2.24) is 4.90 Å². The average Bonchev–Trinajstić information content (AvgIpc) is 3.61. The van der Waals surface area contributed by atoms with Gasteiger partial charge in [-0.2, -0.15) is 0 Å². The van der Waals surface area contributed by atoms with Crippen LogP contribution < -0.4 is 16.0 Å². The summed E-state index contributed by atoms with van der Waals surface area (Å²) in [6.07, 6.45) is 2.54. The third-order valence-electron chi connectivity index (χ3n) is 9.37. The minimum Gasteiger partial charge on any atom is -0.323 e. The predicted octanol–water partition coefficient (Wildman–Crippen LogP) is 5.31. The lowest BCUT2D eigenvalue weighted by Crippen LogP contribution is -2.64. The number of likely N-dealkylation sites (tertiary alicyclic amines) is 1. The van der Waals surface area contributed by atoms with Crippen LogP contribution in [0.15, 0.2) is 71.6 Å². The van der Waals surface area contributed by atoms with Gasteiger partial charge in [-0.25, -0.2) is 12.8 Å². The number of fused-ring (bicyclic) bond motifs is 1. The summed E-state index contributed by atoms with van der Waals surface area (Å²) in [4.78, 5) is 32.5. The van der Waals surface area contributed by atoms with E-state index in [0.717, 1.165) is 12.7 Å². The van der Waals surface area contributed by atoms with Crippen molar-refractivity contribution >= 4 is 56.2 Å². The Morgan fingerprint density at radius 1 is 1.11 bits per heavy atom. The molecule has 3 N–H and O–H groups in total. The summed E-state index contributed by atoms with van der Waals surface area (Å²) in [5, 5.41) is 3.18. The Labute approximate surface area is 266 Å². The first-order valence-corrected chi connectivity index (χ1v) is 17.1. The fourth-order valence-electron chi connectivity index (χ4n) is 6.92. The number of halogens is 3. The van der Waals surface area contributed by atoms with E-state index in [4.69, 9.17) is 28.9 Å². The third-order valence-corrected chi connectivity index (χ3v) is 11.0. The number of benzene rings is 3. The Morgan fingerprint density at radius 2 is 1.80 bits per heavy atom. The zero-order chi connectivity index (χ0) is 31.6. The van der Waals surface area contributed by atoms with Crippen molar-refractivity contribution in [3.63, 3.8) is 0 Å². The average molecular weight is 660 g/mol. The van der Waals surface area contributed by atoms with Crippen LogP contribution in [0.2, 0.25) is 10.0 Å². The number of piperidine rings is 1. The van der Waals surface area contributed by atoms with Crippen LogP contribution in [0.1, 0.15) is 31.2 Å². The number of anilines is 2. The lowest BCUT2D eigenvalue weighted by atomic mass is 9.75. The zero-order valence-corrected chi connectivity index (χ0v) is 26.5. The molecule has 2 saturated heterocycles. The van der Waals surface area contributed by atoms with Gasteiger partial charge in [-0.15, -0.1) is 0 Å². The topological polar surface area (TPSA) is 113 Å². The molecule has 2 amide bonds. The SMILES string of the molecule is CC1CC1CN1C2CCN(c3ccc(S(C)(=O)=O)cc3)C(=O)[C@H]2[C@H](c2cccc(Cl)c2F)[C@]1(N)C(=O)Nc1cccc(Cl)c1. The van der Waals surface area contributed by atoms with Gasteiger partial charge in [0.2, 0.25) is 5.91 Å². The van der Waals surface area contributed by atoms with Crippen molar-refractivity contribution in [2.45, 2.75) is 42.3 Å². The summed E-state index contributed by atoms with van der Waals surface area (Å²) >= 11 is 12.5. The van der Waals surface area contributed by atoms with Gasteiger partial charge in [-0.1, -0.05) is 48.3 Å². The largest absolute Gasteiger partial charge is 0.323 e. The molecule has 8 nitrogen and oxygen atoms in total. The van der Waals surface area contributed by atoms with Crippen LogP contribution in [0.5, 0.6) is 0 Å². The lowest BCUT2D eigenvalue weighted by molar-refractivity contribution is -0.128. The second-order valence-corrected chi connectivity index (χ2v) is 15.0. The molecule has 1 saturated carbocycles. The smallest absolute Gasteiger partial charge is 0.260 e. The first-order valence-electron chi connectivity index (χ1n) is 14.5. The molecule has 3 unspecified atom stereocenters. The van der Waals surface area contributed by atoms with Crippen LogP contribution in [-0.2, 0) is 19.4 Å². The van der Waals surface area contributed by atoms with Gasteiger partial charge in [0.1, 0.15) is 5.82 Å². The summed E-state index contributed by atoms with van der Waals surface area (Å²) in [7, 11) is -3.44. The first-order chi connectivity index (χ1) is 20.8. The molecule has 0 spiro atoms. The highest BCUT2D eigenvalue weighted by atomic mass is 35.5. The minimum atomic E-state index is -3.44. The van der Waals surface area contributed by atoms with Crippen LogP contribution in [0, 0.1) is 23.6 Å². The summed E-state index contributed by atoms with van der Waals surface area (Å²) in [5.74, 6) is -2.91. The maximum Gasteiger partial charge on any atom is 0.260 e. The van der Waals surface area contributed by atoms with Crippen molar-refractivity contribution in [1.29, 1.82) is 0 Å². The zero-order valence-electron chi connectivity index (χ0n) is 24.2. The minimum absolute atomic E-state index is 0.0882. The first kappa shape index (κ1) is 31.0. The van der Waals surface area contributed by atoms with E-state index in [9.17, 15) is 18.0 Å². The number of hydrogen-bond acceptors (Lipinski definition) is 6. The molecule has 0 aromatic heterocycles. The Bertz CT molecular complexity index is 1740. The van der Waals surface area contributed by atoms with Crippen molar-refractivity contribution in [2.24, 2.45) is 23.5 Å². The van der Waals surface area contributed by atoms with Crippen LogP contribution in [0.25, 0.3) is 0 Å². The van der Waals surface area contributed by atoms with Crippen molar-refractivity contribution in [3.05, 3.63) is 88.2 Å². The predicted molar refractivity (Wildman–Crippen MR) is 169 cm³/mol. The molecule has 2 heterocycles. The van der Waals surface area contributed by atoms with E-state index in [2.05, 4.69) is 12.2 Å². The normalized spacial score (nSPS) is 28.5. The van der Waals surface area contributed by atoms with Crippen molar-refractivity contribution in [3.8, 4) is 0 Å². The number of amides is 2. The number of nitrogens with two attached hydrogens (primary N) is 1. The summed E-state index contributed by atoms with van der Waals surface area (Å²) in [6.45, 7) is 2.91. The second-order valence-electron chi connectivity index (χ2n) is 12.2. The summed E-state index contributed by atoms with van der Waals surface area (Å²) in [5.41, 5.74) is 6.45. The van der Waals surface area contributed by atoms with Gasteiger partial charge < -0.3 is 16.0 Å². The third kappa shape index (κ3) is 5.41. The highest BCUT2D eigenvalue weighted by molar-refractivity contribution is 7.90. The standard InChI is InChI=1S/C32H33Cl2FN4O4S/c1-18-15-19(18)17-39-26-13-14-38(22-9-11-23(12-10-22)44(2,42)43)30(40)27(26)28(24-7-4-8-25(34)29(24)35)32(39,36)31(41)37-21-6-3-5-20(33)16-21/h3-12,16,18-19,26-28H,13-15,17,36H2,1-2H3,(H,37,41)/t18?,19?,26?,27-,28+,32-/m1/s1. The van der Waals surface area contributed by atoms with Gasteiger partial charge in [-0.3, -0.25) is 14.5 Å². The summed E-state index contributed by atoms with van der Waals surface area (Å²) < 4.78 is 40.0. The maximum atomic E-state index is 15.9. The number of nitrogens with one attached hydrogen (secondary N) is 1. The molecule has 0 radical (unpaired) electrons. The van der Waals surface area contributed by atoms with E-state index in [-0.39, 0.29) is 27.3 Å². The molecule has 3 fully saturated rings. The van der Waals surface area contributed by atoms with E-state index < -0.39 is 45.1 Å². The van der Waals surface area contributed by atoms with Gasteiger partial charge in [0.15, 0.2) is 15.5 Å². The second kappa shape index (κ2) is 11.4. The van der Waals surface area contributed by atoms with Crippen molar-refractivity contribution in [2.75, 3.05) is 29.6 Å². The number of hydrogen-bond donors (Lipinski definition) is 2. The molecule has 232 valence electrons. The maximum absolute atomic E-state index is 15.9. The molecule has 3 aromatic rings. The Kier molecular flexibility index (Phi) is 8.03. The molecule has 12 heteroatoms. The van der Waals surface area contributed by atoms with Gasteiger partial charge >= 0.3 is 0 Å². The highest BCUT2D eigenvalue weighted by Crippen LogP contribution is 2.54. The van der Waals surface area contributed by atoms with Gasteiger partial charge in [0.25, 0.3) is 5.91 Å². The number of sulfone groups is 1. The monoisotopic (exact) mass is 658 g/mol. The molecular formula is C32H33Cl2FN4O4S. The molecule has 6 atom stereocenters. The fourth-order valence-corrected chi connectivity index (χ4v) is 7.92. The highest BCUT2D eigenvalue weighted by Gasteiger charge is 2.66. The molecule has 44 heavy (non-hydrogen) atoms. The fraction of sp³-hybridized carbons (Fsp3) is 0.375.